The second kappa shape index (κ2) is 4.13. The van der Waals surface area contributed by atoms with Crippen molar-refractivity contribution < 1.29 is 0 Å². The number of benzene rings is 1. The van der Waals surface area contributed by atoms with Crippen LogP contribution in [0.3, 0.4) is 0 Å². The van der Waals surface area contributed by atoms with Crippen molar-refractivity contribution >= 4 is 0 Å². The Kier molecular flexibility index (Phi) is 2.74. The average molecular weight is 229 g/mol. The van der Waals surface area contributed by atoms with Gasteiger partial charge in [-0.05, 0) is 42.1 Å². The van der Waals surface area contributed by atoms with Gasteiger partial charge >= 0.3 is 0 Å². The van der Waals surface area contributed by atoms with Crippen LogP contribution in [0.15, 0.2) is 30.3 Å². The summed E-state index contributed by atoms with van der Waals surface area (Å²) in [5.41, 5.74) is 2.00. The molecule has 0 spiro atoms. The van der Waals surface area contributed by atoms with Gasteiger partial charge in [0, 0.05) is 12.6 Å². The van der Waals surface area contributed by atoms with Crippen molar-refractivity contribution in [3.63, 3.8) is 0 Å². The molecule has 1 aromatic carbocycles. The molecule has 3 aliphatic carbocycles. The molecule has 3 atom stereocenters. The Bertz CT molecular complexity index is 380. The van der Waals surface area contributed by atoms with E-state index in [1.807, 2.05) is 0 Å². The molecule has 3 aliphatic rings. The van der Waals surface area contributed by atoms with Crippen LogP contribution < -0.4 is 5.32 Å². The van der Waals surface area contributed by atoms with Gasteiger partial charge in [-0.25, -0.2) is 0 Å². The average Bonchev–Trinajstić information content (AvgIpc) is 2.37. The van der Waals surface area contributed by atoms with Crippen LogP contribution in [-0.4, -0.2) is 6.04 Å². The summed E-state index contributed by atoms with van der Waals surface area (Å²) in [4.78, 5) is 0. The molecular formula is C16H23N. The van der Waals surface area contributed by atoms with E-state index in [0.29, 0.717) is 5.41 Å². The van der Waals surface area contributed by atoms with E-state index in [9.17, 15) is 0 Å². The quantitative estimate of drug-likeness (QED) is 0.835. The van der Waals surface area contributed by atoms with Gasteiger partial charge in [0.25, 0.3) is 0 Å². The molecule has 0 aliphatic heterocycles. The normalized spacial score (nSPS) is 34.1. The van der Waals surface area contributed by atoms with Crippen molar-refractivity contribution in [2.24, 2.45) is 17.3 Å². The molecule has 92 valence electrons. The fourth-order valence-electron chi connectivity index (χ4n) is 3.90. The first-order valence-electron chi connectivity index (χ1n) is 6.95. The summed E-state index contributed by atoms with van der Waals surface area (Å²) in [5, 5.41) is 3.78. The van der Waals surface area contributed by atoms with Crippen molar-refractivity contribution in [2.75, 3.05) is 0 Å². The highest BCUT2D eigenvalue weighted by Gasteiger charge is 2.53. The summed E-state index contributed by atoms with van der Waals surface area (Å²) in [6.45, 7) is 5.95. The van der Waals surface area contributed by atoms with E-state index in [-0.39, 0.29) is 0 Å². The summed E-state index contributed by atoms with van der Waals surface area (Å²) in [7, 11) is 0. The van der Waals surface area contributed by atoms with Gasteiger partial charge < -0.3 is 5.32 Å². The number of hydrogen-bond donors (Lipinski definition) is 1. The van der Waals surface area contributed by atoms with Crippen LogP contribution in [0.4, 0.5) is 0 Å². The summed E-state index contributed by atoms with van der Waals surface area (Å²) in [6, 6.07) is 11.5. The molecule has 1 aromatic rings. The van der Waals surface area contributed by atoms with E-state index in [4.69, 9.17) is 0 Å². The second-order valence-corrected chi connectivity index (χ2v) is 6.41. The highest BCUT2D eigenvalue weighted by Crippen LogP contribution is 2.59. The predicted octanol–water partition coefficient (Wildman–Crippen LogP) is 3.60. The SMILES string of the molecule is CC1(C)C2CCC(NCc3ccccc3)C1C2. The molecule has 3 fully saturated rings. The molecule has 1 heteroatoms. The van der Waals surface area contributed by atoms with Gasteiger partial charge in [0.2, 0.25) is 0 Å². The third kappa shape index (κ3) is 1.91. The number of fused-ring (bicyclic) bond motifs is 2. The van der Waals surface area contributed by atoms with Crippen molar-refractivity contribution in [1.82, 2.24) is 5.32 Å². The molecule has 0 radical (unpaired) electrons. The molecule has 2 bridgehead atoms. The van der Waals surface area contributed by atoms with Gasteiger partial charge in [0.15, 0.2) is 0 Å². The minimum atomic E-state index is 0.590. The standard InChI is InChI=1S/C16H23N/c1-16(2)13-8-9-15(14(16)10-13)17-11-12-6-4-3-5-7-12/h3-7,13-15,17H,8-11H2,1-2H3. The smallest absolute Gasteiger partial charge is 0.0208 e. The molecule has 0 saturated heterocycles. The summed E-state index contributed by atoms with van der Waals surface area (Å²) in [6.07, 6.45) is 4.26. The monoisotopic (exact) mass is 229 g/mol. The van der Waals surface area contributed by atoms with Gasteiger partial charge in [0.1, 0.15) is 0 Å². The third-order valence-electron chi connectivity index (χ3n) is 5.27. The van der Waals surface area contributed by atoms with Crippen molar-refractivity contribution in [2.45, 2.75) is 45.7 Å². The third-order valence-corrected chi connectivity index (χ3v) is 5.27. The maximum absolute atomic E-state index is 3.78. The minimum absolute atomic E-state index is 0.590. The molecule has 3 saturated carbocycles. The molecule has 0 aromatic heterocycles. The Morgan fingerprint density at radius 2 is 1.94 bits per heavy atom. The Morgan fingerprint density at radius 1 is 1.18 bits per heavy atom. The Labute approximate surface area is 105 Å². The summed E-state index contributed by atoms with van der Waals surface area (Å²) in [5.74, 6) is 1.91. The van der Waals surface area contributed by atoms with Gasteiger partial charge in [-0.3, -0.25) is 0 Å². The predicted molar refractivity (Wildman–Crippen MR) is 71.7 cm³/mol. The molecule has 1 nitrogen and oxygen atoms in total. The lowest BCUT2D eigenvalue weighted by atomic mass is 9.47. The van der Waals surface area contributed by atoms with Gasteiger partial charge in [-0.2, -0.15) is 0 Å². The zero-order valence-electron chi connectivity index (χ0n) is 10.9. The largest absolute Gasteiger partial charge is 0.310 e. The number of hydrogen-bond acceptors (Lipinski definition) is 1. The summed E-state index contributed by atoms with van der Waals surface area (Å²) < 4.78 is 0. The Balaban J connectivity index is 1.59. The Morgan fingerprint density at radius 3 is 2.59 bits per heavy atom. The van der Waals surface area contributed by atoms with Crippen LogP contribution in [-0.2, 0) is 6.54 Å². The first-order chi connectivity index (χ1) is 8.18. The van der Waals surface area contributed by atoms with E-state index < -0.39 is 0 Å². The van der Waals surface area contributed by atoms with Crippen LogP contribution in [0.1, 0.15) is 38.7 Å². The fourth-order valence-corrected chi connectivity index (χ4v) is 3.90. The van der Waals surface area contributed by atoms with Crippen LogP contribution in [0, 0.1) is 17.3 Å². The highest BCUT2D eigenvalue weighted by atomic mass is 14.9. The van der Waals surface area contributed by atoms with Gasteiger partial charge in [-0.1, -0.05) is 44.2 Å². The highest BCUT2D eigenvalue weighted by molar-refractivity contribution is 5.15. The maximum atomic E-state index is 3.78. The number of nitrogens with one attached hydrogen (secondary N) is 1. The van der Waals surface area contributed by atoms with Crippen molar-refractivity contribution in [3.8, 4) is 0 Å². The zero-order chi connectivity index (χ0) is 11.9. The van der Waals surface area contributed by atoms with Crippen molar-refractivity contribution in [1.29, 1.82) is 0 Å². The van der Waals surface area contributed by atoms with E-state index in [0.717, 1.165) is 24.4 Å². The molecule has 17 heavy (non-hydrogen) atoms. The van der Waals surface area contributed by atoms with E-state index >= 15 is 0 Å². The van der Waals surface area contributed by atoms with Crippen LogP contribution >= 0.6 is 0 Å². The van der Waals surface area contributed by atoms with Crippen molar-refractivity contribution in [3.05, 3.63) is 35.9 Å². The topological polar surface area (TPSA) is 12.0 Å². The van der Waals surface area contributed by atoms with E-state index in [1.54, 1.807) is 0 Å². The van der Waals surface area contributed by atoms with Crippen LogP contribution in [0.5, 0.6) is 0 Å². The maximum Gasteiger partial charge on any atom is 0.0208 e. The first-order valence-corrected chi connectivity index (χ1v) is 6.95. The minimum Gasteiger partial charge on any atom is -0.310 e. The fraction of sp³-hybridized carbons (Fsp3) is 0.625. The van der Waals surface area contributed by atoms with Gasteiger partial charge in [0.05, 0.1) is 0 Å². The second-order valence-electron chi connectivity index (χ2n) is 6.41. The Hall–Kier alpha value is -0.820. The van der Waals surface area contributed by atoms with Crippen LogP contribution in [0.2, 0.25) is 0 Å². The van der Waals surface area contributed by atoms with Crippen LogP contribution in [0.25, 0.3) is 0 Å². The lowest BCUT2D eigenvalue weighted by molar-refractivity contribution is -0.0872. The zero-order valence-corrected chi connectivity index (χ0v) is 10.9. The molecule has 0 heterocycles. The molecule has 4 rings (SSSR count). The first kappa shape index (κ1) is 11.3. The molecule has 0 amide bonds. The molecule has 1 N–H and O–H groups in total. The number of rotatable bonds is 3. The molecular weight excluding hydrogens is 206 g/mol. The van der Waals surface area contributed by atoms with Gasteiger partial charge in [-0.15, -0.1) is 0 Å². The summed E-state index contributed by atoms with van der Waals surface area (Å²) >= 11 is 0. The van der Waals surface area contributed by atoms with E-state index in [2.05, 4.69) is 49.5 Å². The van der Waals surface area contributed by atoms with E-state index in [1.165, 1.54) is 24.8 Å². The lowest BCUT2D eigenvalue weighted by Crippen LogP contribution is -2.58. The lowest BCUT2D eigenvalue weighted by Gasteiger charge is -2.60. The molecule has 3 unspecified atom stereocenters.